The maximum atomic E-state index is 13.6. The molecule has 0 unspecified atom stereocenters. The van der Waals surface area contributed by atoms with Crippen molar-refractivity contribution in [2.75, 3.05) is 7.05 Å². The van der Waals surface area contributed by atoms with Gasteiger partial charge in [-0.05, 0) is 23.3 Å². The van der Waals surface area contributed by atoms with E-state index in [4.69, 9.17) is 0 Å². The largest absolute Gasteiger partial charge is 0.361 e. The van der Waals surface area contributed by atoms with Crippen LogP contribution in [0, 0.1) is 0 Å². The van der Waals surface area contributed by atoms with Gasteiger partial charge in [0.25, 0.3) is 0 Å². The lowest BCUT2D eigenvalue weighted by Gasteiger charge is -2.30. The van der Waals surface area contributed by atoms with Crippen molar-refractivity contribution in [3.63, 3.8) is 0 Å². The van der Waals surface area contributed by atoms with Crippen molar-refractivity contribution >= 4 is 34.7 Å². The van der Waals surface area contributed by atoms with Crippen LogP contribution < -0.4 is 10.6 Å². The van der Waals surface area contributed by atoms with Crippen LogP contribution >= 0.6 is 0 Å². The summed E-state index contributed by atoms with van der Waals surface area (Å²) < 4.78 is 0. The number of rotatable bonds is 10. The Labute approximate surface area is 222 Å². The molecule has 0 aliphatic heterocycles. The van der Waals surface area contributed by atoms with Gasteiger partial charge in [0.1, 0.15) is 12.1 Å². The van der Waals surface area contributed by atoms with Crippen molar-refractivity contribution in [1.82, 2.24) is 20.5 Å². The third-order valence-corrected chi connectivity index (χ3v) is 6.46. The lowest BCUT2D eigenvalue weighted by molar-refractivity contribution is -0.141. The Bertz CT molecular complexity index is 1410. The molecular weight excluding hydrogens is 476 g/mol. The molecule has 3 amide bonds. The zero-order chi connectivity index (χ0) is 26.9. The summed E-state index contributed by atoms with van der Waals surface area (Å²) in [4.78, 5) is 43.7. The summed E-state index contributed by atoms with van der Waals surface area (Å²) in [7, 11) is 1.61. The number of aromatic amines is 1. The number of para-hydroxylation sites is 1. The van der Waals surface area contributed by atoms with Crippen LogP contribution in [0.4, 0.5) is 0 Å². The second kappa shape index (κ2) is 12.5. The molecule has 3 N–H and O–H groups in total. The minimum absolute atomic E-state index is 0.307. The van der Waals surface area contributed by atoms with E-state index in [1.807, 2.05) is 97.2 Å². The zero-order valence-electron chi connectivity index (χ0n) is 21.6. The smallest absolute Gasteiger partial charge is 0.247 e. The Balaban J connectivity index is 1.54. The van der Waals surface area contributed by atoms with Crippen LogP contribution in [0.25, 0.3) is 17.0 Å². The highest BCUT2D eigenvalue weighted by molar-refractivity contribution is 5.93. The number of aromatic nitrogens is 1. The molecule has 0 radical (unpaired) electrons. The molecule has 2 atom stereocenters. The van der Waals surface area contributed by atoms with Gasteiger partial charge in [0.15, 0.2) is 0 Å². The standard InChI is InChI=1S/C31H32N4O3/c1-22(36)34-28(19-23-11-5-3-6-12-23)31(38)35(2)29(20-24-13-7-4-8-14-24)30(37)32-18-17-25-21-33-27-16-10-9-15-26(25)27/h3-18,21,28-29,33H,19-20H2,1-2H3,(H,32,37)(H,34,36)/b18-17+/t28-,29-/m0/s1. The van der Waals surface area contributed by atoms with Crippen molar-refractivity contribution in [2.24, 2.45) is 0 Å². The number of likely N-dealkylation sites (N-methyl/N-ethyl adjacent to an activating group) is 1. The fraction of sp³-hybridized carbons (Fsp3) is 0.194. The first kappa shape index (κ1) is 26.4. The number of amides is 3. The Morgan fingerprint density at radius 1 is 0.868 bits per heavy atom. The Kier molecular flexibility index (Phi) is 8.72. The molecule has 0 aliphatic rings. The van der Waals surface area contributed by atoms with Gasteiger partial charge in [0.2, 0.25) is 17.7 Å². The van der Waals surface area contributed by atoms with Gasteiger partial charge >= 0.3 is 0 Å². The lowest BCUT2D eigenvalue weighted by Crippen LogP contribution is -2.55. The number of H-pyrrole nitrogens is 1. The van der Waals surface area contributed by atoms with Crippen molar-refractivity contribution in [3.8, 4) is 0 Å². The molecule has 7 heteroatoms. The Hall–Kier alpha value is -4.65. The first-order chi connectivity index (χ1) is 18.4. The fourth-order valence-electron chi connectivity index (χ4n) is 4.48. The monoisotopic (exact) mass is 508 g/mol. The number of hydrogen-bond acceptors (Lipinski definition) is 3. The molecule has 4 rings (SSSR count). The normalized spacial score (nSPS) is 12.7. The summed E-state index contributed by atoms with van der Waals surface area (Å²) in [6.07, 6.45) is 5.96. The molecule has 0 spiro atoms. The van der Waals surface area contributed by atoms with Crippen LogP contribution in [0.3, 0.4) is 0 Å². The van der Waals surface area contributed by atoms with Gasteiger partial charge in [0, 0.05) is 55.7 Å². The number of hydrogen-bond donors (Lipinski definition) is 3. The van der Waals surface area contributed by atoms with Gasteiger partial charge in [-0.25, -0.2) is 0 Å². The lowest BCUT2D eigenvalue weighted by atomic mass is 10.0. The van der Waals surface area contributed by atoms with Crippen molar-refractivity contribution in [3.05, 3.63) is 114 Å². The molecular formula is C31H32N4O3. The molecule has 194 valence electrons. The molecule has 38 heavy (non-hydrogen) atoms. The molecule has 0 fully saturated rings. The quantitative estimate of drug-likeness (QED) is 0.301. The van der Waals surface area contributed by atoms with E-state index < -0.39 is 12.1 Å². The number of carbonyl (C=O) groups is 3. The minimum Gasteiger partial charge on any atom is -0.361 e. The Morgan fingerprint density at radius 2 is 1.47 bits per heavy atom. The van der Waals surface area contributed by atoms with Crippen LogP contribution in [0.15, 0.2) is 97.3 Å². The third-order valence-electron chi connectivity index (χ3n) is 6.46. The molecule has 0 bridgehead atoms. The molecule has 0 saturated carbocycles. The highest BCUT2D eigenvalue weighted by Crippen LogP contribution is 2.19. The van der Waals surface area contributed by atoms with E-state index in [1.54, 1.807) is 13.2 Å². The van der Waals surface area contributed by atoms with E-state index in [1.165, 1.54) is 11.8 Å². The highest BCUT2D eigenvalue weighted by Gasteiger charge is 2.31. The van der Waals surface area contributed by atoms with Crippen LogP contribution in [-0.2, 0) is 27.2 Å². The van der Waals surface area contributed by atoms with E-state index in [0.717, 1.165) is 27.6 Å². The average Bonchev–Trinajstić information content (AvgIpc) is 3.34. The number of nitrogens with one attached hydrogen (secondary N) is 3. The van der Waals surface area contributed by atoms with Gasteiger partial charge in [-0.2, -0.15) is 0 Å². The summed E-state index contributed by atoms with van der Waals surface area (Å²) in [5.74, 6) is -0.957. The van der Waals surface area contributed by atoms with Gasteiger partial charge in [-0.1, -0.05) is 78.9 Å². The topological polar surface area (TPSA) is 94.3 Å². The van der Waals surface area contributed by atoms with Crippen LogP contribution in [0.5, 0.6) is 0 Å². The van der Waals surface area contributed by atoms with E-state index in [2.05, 4.69) is 15.6 Å². The maximum absolute atomic E-state index is 13.6. The number of benzene rings is 3. The Morgan fingerprint density at radius 3 is 2.13 bits per heavy atom. The number of nitrogens with zero attached hydrogens (tertiary/aromatic N) is 1. The van der Waals surface area contributed by atoms with Gasteiger partial charge < -0.3 is 20.5 Å². The molecule has 3 aromatic carbocycles. The second-order valence-electron chi connectivity index (χ2n) is 9.23. The summed E-state index contributed by atoms with van der Waals surface area (Å²) in [6.45, 7) is 1.38. The number of fused-ring (bicyclic) bond motifs is 1. The molecule has 1 heterocycles. The van der Waals surface area contributed by atoms with Crippen molar-refractivity contribution in [2.45, 2.75) is 31.8 Å². The predicted octanol–water partition coefficient (Wildman–Crippen LogP) is 4.07. The first-order valence-electron chi connectivity index (χ1n) is 12.6. The van der Waals surface area contributed by atoms with Crippen LogP contribution in [0.2, 0.25) is 0 Å². The highest BCUT2D eigenvalue weighted by atomic mass is 16.2. The van der Waals surface area contributed by atoms with E-state index in [9.17, 15) is 14.4 Å². The third kappa shape index (κ3) is 6.76. The van der Waals surface area contributed by atoms with E-state index in [-0.39, 0.29) is 17.7 Å². The van der Waals surface area contributed by atoms with Crippen LogP contribution in [-0.4, -0.2) is 46.7 Å². The van der Waals surface area contributed by atoms with Crippen molar-refractivity contribution < 1.29 is 14.4 Å². The van der Waals surface area contributed by atoms with E-state index in [0.29, 0.717) is 12.8 Å². The summed E-state index contributed by atoms with van der Waals surface area (Å²) in [5.41, 5.74) is 3.79. The molecule has 1 aromatic heterocycles. The fourth-order valence-corrected chi connectivity index (χ4v) is 4.48. The maximum Gasteiger partial charge on any atom is 0.247 e. The van der Waals surface area contributed by atoms with Crippen LogP contribution in [0.1, 0.15) is 23.6 Å². The second-order valence-corrected chi connectivity index (χ2v) is 9.23. The minimum atomic E-state index is -0.798. The molecule has 0 aliphatic carbocycles. The predicted molar refractivity (Wildman–Crippen MR) is 150 cm³/mol. The zero-order valence-corrected chi connectivity index (χ0v) is 21.6. The SMILES string of the molecule is CC(=O)N[C@@H](Cc1ccccc1)C(=O)N(C)[C@@H](Cc1ccccc1)C(=O)N/C=C/c1c[nH]c2ccccc12. The molecule has 0 saturated heterocycles. The van der Waals surface area contributed by atoms with Gasteiger partial charge in [-0.15, -0.1) is 0 Å². The molecule has 7 nitrogen and oxygen atoms in total. The van der Waals surface area contributed by atoms with E-state index >= 15 is 0 Å². The first-order valence-corrected chi connectivity index (χ1v) is 12.6. The molecule has 4 aromatic rings. The van der Waals surface area contributed by atoms with Gasteiger partial charge in [-0.3, -0.25) is 14.4 Å². The van der Waals surface area contributed by atoms with Crippen molar-refractivity contribution in [1.29, 1.82) is 0 Å². The van der Waals surface area contributed by atoms with Gasteiger partial charge in [0.05, 0.1) is 0 Å². The summed E-state index contributed by atoms with van der Waals surface area (Å²) >= 11 is 0. The average molecular weight is 509 g/mol. The summed E-state index contributed by atoms with van der Waals surface area (Å²) in [5, 5.41) is 6.67. The summed E-state index contributed by atoms with van der Waals surface area (Å²) in [6, 6.07) is 25.4. The number of carbonyl (C=O) groups excluding carboxylic acids is 3.